The summed E-state index contributed by atoms with van der Waals surface area (Å²) in [7, 11) is 0. The van der Waals surface area contributed by atoms with Crippen LogP contribution in [0.1, 0.15) is 52.0 Å². The molecule has 0 atom stereocenters. The normalized spacial score (nSPS) is 10.5. The molecule has 0 aromatic heterocycles. The summed E-state index contributed by atoms with van der Waals surface area (Å²) in [5.74, 6) is 1.88. The van der Waals surface area contributed by atoms with Gasteiger partial charge in [0.05, 0.1) is 16.8 Å². The van der Waals surface area contributed by atoms with Gasteiger partial charge in [-0.1, -0.05) is 42.2 Å². The molecule has 0 bridgehead atoms. The number of benzene rings is 1. The first-order valence-electron chi connectivity index (χ1n) is 8.54. The van der Waals surface area contributed by atoms with E-state index < -0.39 is 0 Å². The lowest BCUT2D eigenvalue weighted by Crippen LogP contribution is -2.04. The van der Waals surface area contributed by atoms with Gasteiger partial charge >= 0.3 is 0 Å². The maximum absolute atomic E-state index is 6.01. The summed E-state index contributed by atoms with van der Waals surface area (Å²) in [4.78, 5) is 5.19. The van der Waals surface area contributed by atoms with Crippen LogP contribution in [0.25, 0.3) is 0 Å². The second kappa shape index (κ2) is 12.5. The highest BCUT2D eigenvalue weighted by Crippen LogP contribution is 2.38. The number of halogens is 3. The van der Waals surface area contributed by atoms with Crippen molar-refractivity contribution in [3.63, 3.8) is 0 Å². The van der Waals surface area contributed by atoms with Crippen molar-refractivity contribution in [2.75, 3.05) is 19.8 Å². The van der Waals surface area contributed by atoms with Gasteiger partial charge in [0, 0.05) is 5.56 Å². The molecular weight excluding hydrogens is 441 g/mol. The summed E-state index contributed by atoms with van der Waals surface area (Å²) in [5.41, 5.74) is 2.00. The van der Waals surface area contributed by atoms with Crippen LogP contribution in [-0.4, -0.2) is 25.5 Å². The molecule has 0 fully saturated rings. The van der Waals surface area contributed by atoms with Crippen molar-refractivity contribution >= 4 is 44.8 Å². The van der Waals surface area contributed by atoms with Gasteiger partial charge in [-0.2, -0.15) is 0 Å². The summed E-state index contributed by atoms with van der Waals surface area (Å²) in [6, 6.07) is 3.88. The van der Waals surface area contributed by atoms with Gasteiger partial charge in [0.25, 0.3) is 0 Å². The third-order valence-corrected chi connectivity index (χ3v) is 4.18. The van der Waals surface area contributed by atoms with Crippen LogP contribution >= 0.6 is 39.1 Å². The fourth-order valence-corrected chi connectivity index (χ4v) is 2.77. The second-order valence-corrected chi connectivity index (χ2v) is 8.07. The Bertz CT molecular complexity index is 625. The van der Waals surface area contributed by atoms with Crippen molar-refractivity contribution in [1.82, 2.24) is 0 Å². The van der Waals surface area contributed by atoms with Gasteiger partial charge in [0.2, 0.25) is 0 Å². The third-order valence-electron chi connectivity index (χ3n) is 3.28. The van der Waals surface area contributed by atoms with E-state index in [1.807, 2.05) is 26.0 Å². The predicted molar refractivity (Wildman–Crippen MR) is 113 cm³/mol. The number of hydrogen-bond acceptors (Lipinski definition) is 4. The highest BCUT2D eigenvalue weighted by atomic mass is 79.9. The molecule has 0 saturated heterocycles. The van der Waals surface area contributed by atoms with Gasteiger partial charge in [0.15, 0.2) is 0 Å². The van der Waals surface area contributed by atoms with Crippen LogP contribution in [0.4, 0.5) is 0 Å². The first-order chi connectivity index (χ1) is 12.3. The Kier molecular flexibility index (Phi) is 11.1. The molecule has 1 aromatic carbocycles. The van der Waals surface area contributed by atoms with Gasteiger partial charge < -0.3 is 14.3 Å². The minimum atomic E-state index is 0.192. The minimum absolute atomic E-state index is 0.192. The zero-order valence-corrected chi connectivity index (χ0v) is 18.7. The summed E-state index contributed by atoms with van der Waals surface area (Å²) in [5, 5.41) is 3.91. The highest BCUT2D eigenvalue weighted by molar-refractivity contribution is 9.10. The molecule has 4 nitrogen and oxygen atoms in total. The van der Waals surface area contributed by atoms with Gasteiger partial charge in [-0.25, -0.2) is 0 Å². The lowest BCUT2D eigenvalue weighted by atomic mass is 10.0. The largest absolute Gasteiger partial charge is 0.492 e. The Morgan fingerprint density at radius 1 is 1.15 bits per heavy atom. The average molecular weight is 467 g/mol. The first kappa shape index (κ1) is 23.1. The van der Waals surface area contributed by atoms with Gasteiger partial charge in [0.1, 0.15) is 29.2 Å². The number of rotatable bonds is 11. The Balaban J connectivity index is 2.63. The van der Waals surface area contributed by atoms with Crippen molar-refractivity contribution in [1.29, 1.82) is 0 Å². The maximum atomic E-state index is 6.01. The van der Waals surface area contributed by atoms with Crippen LogP contribution in [0.5, 0.6) is 11.5 Å². The number of oxime groups is 1. The molecule has 7 heteroatoms. The maximum Gasteiger partial charge on any atom is 0.137 e. The SMILES string of the molecule is CC(C)=NOCCCCOc1c(Br)cc(OCC=C(Cl)Cl)cc1C(C)C. The molecule has 0 aliphatic rings. The molecule has 146 valence electrons. The smallest absolute Gasteiger partial charge is 0.137 e. The Hall–Kier alpha value is -0.910. The fraction of sp³-hybridized carbons (Fsp3) is 0.526. The van der Waals surface area contributed by atoms with Crippen molar-refractivity contribution in [2.45, 2.75) is 46.5 Å². The minimum Gasteiger partial charge on any atom is -0.492 e. The highest BCUT2D eigenvalue weighted by Gasteiger charge is 2.14. The number of hydrogen-bond donors (Lipinski definition) is 0. The van der Waals surface area contributed by atoms with E-state index in [4.69, 9.17) is 37.5 Å². The van der Waals surface area contributed by atoms with E-state index in [2.05, 4.69) is 34.9 Å². The van der Waals surface area contributed by atoms with Crippen LogP contribution in [0.2, 0.25) is 0 Å². The molecule has 0 aliphatic heterocycles. The number of ether oxygens (including phenoxy) is 2. The van der Waals surface area contributed by atoms with Crippen LogP contribution in [0, 0.1) is 0 Å². The Morgan fingerprint density at radius 2 is 1.85 bits per heavy atom. The molecule has 0 radical (unpaired) electrons. The first-order valence-corrected chi connectivity index (χ1v) is 10.1. The van der Waals surface area contributed by atoms with Crippen LogP contribution in [0.3, 0.4) is 0 Å². The monoisotopic (exact) mass is 465 g/mol. The quantitative estimate of drug-likeness (QED) is 0.203. The van der Waals surface area contributed by atoms with E-state index in [9.17, 15) is 0 Å². The van der Waals surface area contributed by atoms with Gasteiger partial charge in [-0.15, -0.1) is 0 Å². The lowest BCUT2D eigenvalue weighted by Gasteiger charge is -2.17. The molecule has 1 aromatic rings. The van der Waals surface area contributed by atoms with E-state index >= 15 is 0 Å². The summed E-state index contributed by atoms with van der Waals surface area (Å²) >= 11 is 14.8. The zero-order valence-electron chi connectivity index (χ0n) is 15.7. The van der Waals surface area contributed by atoms with E-state index in [0.29, 0.717) is 25.7 Å². The molecule has 0 heterocycles. The van der Waals surface area contributed by atoms with E-state index in [0.717, 1.165) is 40.1 Å². The van der Waals surface area contributed by atoms with E-state index in [-0.39, 0.29) is 4.49 Å². The van der Waals surface area contributed by atoms with Crippen LogP contribution < -0.4 is 9.47 Å². The van der Waals surface area contributed by atoms with Gasteiger partial charge in [-0.05, 0) is 66.7 Å². The average Bonchev–Trinajstić information content (AvgIpc) is 2.54. The molecule has 1 rings (SSSR count). The van der Waals surface area contributed by atoms with Crippen molar-refractivity contribution in [3.05, 3.63) is 32.7 Å². The van der Waals surface area contributed by atoms with E-state index in [1.54, 1.807) is 6.08 Å². The topological polar surface area (TPSA) is 40.0 Å². The van der Waals surface area contributed by atoms with Crippen LogP contribution in [0.15, 0.2) is 32.3 Å². The molecule has 26 heavy (non-hydrogen) atoms. The fourth-order valence-electron chi connectivity index (χ4n) is 2.07. The summed E-state index contributed by atoms with van der Waals surface area (Å²) in [6.07, 6.45) is 3.38. The standard InChI is InChI=1S/C19H26BrCl2NO3/c1-13(2)16-11-15(24-10-7-18(21)22)12-17(20)19(16)25-8-5-6-9-26-23-14(3)4/h7,11-13H,5-6,8-10H2,1-4H3. The lowest BCUT2D eigenvalue weighted by molar-refractivity contribution is 0.135. The Morgan fingerprint density at radius 3 is 2.46 bits per heavy atom. The summed E-state index contributed by atoms with van der Waals surface area (Å²) in [6.45, 7) is 9.56. The molecule has 0 spiro atoms. The zero-order chi connectivity index (χ0) is 19.5. The van der Waals surface area contributed by atoms with Crippen molar-refractivity contribution in [3.8, 4) is 11.5 Å². The van der Waals surface area contributed by atoms with Gasteiger partial charge in [-0.3, -0.25) is 0 Å². The van der Waals surface area contributed by atoms with Crippen molar-refractivity contribution < 1.29 is 14.3 Å². The molecule has 0 saturated carbocycles. The molecule has 0 amide bonds. The molecule has 0 aliphatic carbocycles. The molecule has 0 unspecified atom stereocenters. The van der Waals surface area contributed by atoms with Crippen molar-refractivity contribution in [2.24, 2.45) is 5.16 Å². The van der Waals surface area contributed by atoms with E-state index in [1.165, 1.54) is 0 Å². The second-order valence-electron chi connectivity index (χ2n) is 6.21. The number of nitrogens with zero attached hydrogens (tertiary/aromatic N) is 1. The molecule has 0 N–H and O–H groups in total. The Labute approximate surface area is 174 Å². The summed E-state index contributed by atoms with van der Waals surface area (Å²) < 4.78 is 12.7. The number of unbranched alkanes of at least 4 members (excludes halogenated alkanes) is 1. The predicted octanol–water partition coefficient (Wildman–Crippen LogP) is 6.84. The molecular formula is C19H26BrCl2NO3. The third kappa shape index (κ3) is 9.15. The van der Waals surface area contributed by atoms with Crippen LogP contribution in [-0.2, 0) is 4.84 Å².